The molecule has 0 saturated heterocycles. The molecular formula is C25H25N3O4. The molecule has 32 heavy (non-hydrogen) atoms. The molecule has 0 aliphatic heterocycles. The van der Waals surface area contributed by atoms with Crippen LogP contribution < -0.4 is 5.32 Å². The molecule has 3 aromatic rings. The molecule has 0 bridgehead atoms. The zero-order valence-electron chi connectivity index (χ0n) is 18.1. The molecule has 0 amide bonds. The number of anilines is 2. The third-order valence-electron chi connectivity index (χ3n) is 4.80. The van der Waals surface area contributed by atoms with Gasteiger partial charge in [0.1, 0.15) is 11.5 Å². The summed E-state index contributed by atoms with van der Waals surface area (Å²) < 4.78 is 4.69. The molecule has 2 aromatic heterocycles. The lowest BCUT2D eigenvalue weighted by Gasteiger charge is -2.13. The van der Waals surface area contributed by atoms with E-state index >= 15 is 0 Å². The number of ether oxygens (including phenoxy) is 1. The molecule has 1 aromatic carbocycles. The van der Waals surface area contributed by atoms with E-state index in [0.29, 0.717) is 28.9 Å². The summed E-state index contributed by atoms with van der Waals surface area (Å²) in [5, 5.41) is 3.26. The lowest BCUT2D eigenvalue weighted by atomic mass is 10.0. The Morgan fingerprint density at radius 3 is 2.50 bits per heavy atom. The summed E-state index contributed by atoms with van der Waals surface area (Å²) in [5.41, 5.74) is 3.18. The number of aromatic nitrogens is 2. The number of ketones is 2. The number of rotatable bonds is 10. The van der Waals surface area contributed by atoms with Crippen LogP contribution in [0.4, 0.5) is 11.4 Å². The van der Waals surface area contributed by atoms with Crippen LogP contribution in [0.5, 0.6) is 0 Å². The summed E-state index contributed by atoms with van der Waals surface area (Å²) in [6, 6.07) is 14.4. The van der Waals surface area contributed by atoms with E-state index < -0.39 is 5.97 Å². The first kappa shape index (κ1) is 22.8. The number of nitrogens with zero attached hydrogens (tertiary/aromatic N) is 2. The Bertz CT molecular complexity index is 1110. The molecule has 1 N–H and O–H groups in total. The van der Waals surface area contributed by atoms with Crippen molar-refractivity contribution in [3.63, 3.8) is 0 Å². The van der Waals surface area contributed by atoms with Crippen molar-refractivity contribution in [2.45, 2.75) is 32.6 Å². The van der Waals surface area contributed by atoms with Gasteiger partial charge in [-0.15, -0.1) is 0 Å². The SMILES string of the molecule is CCCC(=O)Cc1cc(Nc2ccccc2)c(C(=O)Cc2ccnc(C(=O)OC)c2)cn1. The fraction of sp³-hybridized carbons (Fsp3) is 0.240. The van der Waals surface area contributed by atoms with E-state index in [2.05, 4.69) is 15.3 Å². The Kier molecular flexibility index (Phi) is 7.80. The zero-order valence-corrected chi connectivity index (χ0v) is 18.1. The van der Waals surface area contributed by atoms with Crippen molar-refractivity contribution < 1.29 is 19.1 Å². The largest absolute Gasteiger partial charge is 0.464 e. The highest BCUT2D eigenvalue weighted by molar-refractivity contribution is 6.03. The third kappa shape index (κ3) is 6.07. The molecule has 0 aliphatic carbocycles. The summed E-state index contributed by atoms with van der Waals surface area (Å²) >= 11 is 0. The molecule has 2 heterocycles. The Labute approximate surface area is 186 Å². The number of esters is 1. The van der Waals surface area contributed by atoms with Crippen molar-refractivity contribution in [2.24, 2.45) is 0 Å². The minimum atomic E-state index is -0.562. The van der Waals surface area contributed by atoms with E-state index in [0.717, 1.165) is 12.1 Å². The van der Waals surface area contributed by atoms with Crippen molar-refractivity contribution in [3.05, 3.63) is 83.4 Å². The van der Waals surface area contributed by atoms with E-state index in [-0.39, 0.29) is 30.1 Å². The zero-order chi connectivity index (χ0) is 22.9. The van der Waals surface area contributed by atoms with Gasteiger partial charge in [-0.05, 0) is 42.3 Å². The molecule has 0 unspecified atom stereocenters. The molecule has 0 spiro atoms. The van der Waals surface area contributed by atoms with Crippen LogP contribution in [0.15, 0.2) is 60.9 Å². The predicted molar refractivity (Wildman–Crippen MR) is 121 cm³/mol. The monoisotopic (exact) mass is 431 g/mol. The summed E-state index contributed by atoms with van der Waals surface area (Å²) in [5.74, 6) is -0.630. The second kappa shape index (κ2) is 10.9. The number of hydrogen-bond acceptors (Lipinski definition) is 7. The second-order valence-electron chi connectivity index (χ2n) is 7.32. The number of Topliss-reactive ketones (excluding diaryl/α,β-unsaturated/α-hetero) is 2. The van der Waals surface area contributed by atoms with Crippen LogP contribution >= 0.6 is 0 Å². The highest BCUT2D eigenvalue weighted by Crippen LogP contribution is 2.23. The van der Waals surface area contributed by atoms with E-state index in [1.54, 1.807) is 18.2 Å². The molecule has 3 rings (SSSR count). The maximum atomic E-state index is 13.1. The summed E-state index contributed by atoms with van der Waals surface area (Å²) in [4.78, 5) is 45.3. The second-order valence-corrected chi connectivity index (χ2v) is 7.32. The average molecular weight is 431 g/mol. The van der Waals surface area contributed by atoms with Gasteiger partial charge in [-0.25, -0.2) is 9.78 Å². The number of hydrogen-bond donors (Lipinski definition) is 1. The minimum Gasteiger partial charge on any atom is -0.464 e. The van der Waals surface area contributed by atoms with Crippen LogP contribution in [0, 0.1) is 0 Å². The topological polar surface area (TPSA) is 98.2 Å². The highest BCUT2D eigenvalue weighted by atomic mass is 16.5. The standard InChI is InChI=1S/C25H25N3O4/c1-3-7-20(29)14-19-15-22(28-18-8-5-4-6-9-18)21(16-27-19)24(30)13-17-10-11-26-23(12-17)25(31)32-2/h4-6,8-12,15-16H,3,7,13-14H2,1-2H3,(H,27,28). The number of pyridine rings is 2. The fourth-order valence-corrected chi connectivity index (χ4v) is 3.25. The number of carbonyl (C=O) groups is 3. The fourth-order valence-electron chi connectivity index (χ4n) is 3.25. The molecule has 7 heteroatoms. The van der Waals surface area contributed by atoms with Gasteiger partial charge in [0.15, 0.2) is 5.78 Å². The highest BCUT2D eigenvalue weighted by Gasteiger charge is 2.17. The number of carbonyl (C=O) groups excluding carboxylic acids is 3. The number of benzene rings is 1. The minimum absolute atomic E-state index is 0.0613. The van der Waals surface area contributed by atoms with Gasteiger partial charge in [0.05, 0.1) is 18.4 Å². The van der Waals surface area contributed by atoms with E-state index in [1.807, 2.05) is 37.3 Å². The molecule has 0 fully saturated rings. The molecule has 0 radical (unpaired) electrons. The van der Waals surface area contributed by atoms with Gasteiger partial charge in [0.2, 0.25) is 0 Å². The van der Waals surface area contributed by atoms with E-state index in [4.69, 9.17) is 4.74 Å². The number of nitrogens with one attached hydrogen (secondary N) is 1. The first-order chi connectivity index (χ1) is 15.5. The van der Waals surface area contributed by atoms with Crippen LogP contribution in [0.2, 0.25) is 0 Å². The normalized spacial score (nSPS) is 10.4. The lowest BCUT2D eigenvalue weighted by Crippen LogP contribution is -2.11. The molecule has 164 valence electrons. The summed E-state index contributed by atoms with van der Waals surface area (Å²) in [6.45, 7) is 1.96. The lowest BCUT2D eigenvalue weighted by molar-refractivity contribution is -0.118. The Hall–Kier alpha value is -3.87. The first-order valence-electron chi connectivity index (χ1n) is 10.4. The maximum Gasteiger partial charge on any atom is 0.356 e. The van der Waals surface area contributed by atoms with Crippen molar-refractivity contribution in [3.8, 4) is 0 Å². The van der Waals surface area contributed by atoms with Crippen molar-refractivity contribution in [1.82, 2.24) is 9.97 Å². The first-order valence-corrected chi connectivity index (χ1v) is 10.4. The van der Waals surface area contributed by atoms with Gasteiger partial charge < -0.3 is 10.1 Å². The van der Waals surface area contributed by atoms with Gasteiger partial charge in [-0.2, -0.15) is 0 Å². The van der Waals surface area contributed by atoms with Crippen LogP contribution in [0.3, 0.4) is 0 Å². The van der Waals surface area contributed by atoms with E-state index in [1.165, 1.54) is 19.5 Å². The maximum absolute atomic E-state index is 13.1. The number of methoxy groups -OCH3 is 1. The van der Waals surface area contributed by atoms with Crippen LogP contribution in [0.25, 0.3) is 0 Å². The third-order valence-corrected chi connectivity index (χ3v) is 4.80. The van der Waals surface area contributed by atoms with Gasteiger partial charge in [-0.1, -0.05) is 25.1 Å². The Balaban J connectivity index is 1.89. The van der Waals surface area contributed by atoms with E-state index in [9.17, 15) is 14.4 Å². The van der Waals surface area contributed by atoms with Gasteiger partial charge in [0, 0.05) is 43.0 Å². The summed E-state index contributed by atoms with van der Waals surface area (Å²) in [7, 11) is 1.28. The van der Waals surface area contributed by atoms with Crippen molar-refractivity contribution in [2.75, 3.05) is 12.4 Å². The number of para-hydroxylation sites is 1. The molecule has 0 saturated carbocycles. The Morgan fingerprint density at radius 2 is 1.78 bits per heavy atom. The van der Waals surface area contributed by atoms with Crippen LogP contribution in [0.1, 0.15) is 51.9 Å². The van der Waals surface area contributed by atoms with Gasteiger partial charge in [0.25, 0.3) is 0 Å². The molecular weight excluding hydrogens is 406 g/mol. The average Bonchev–Trinajstić information content (AvgIpc) is 2.79. The Morgan fingerprint density at radius 1 is 1.00 bits per heavy atom. The predicted octanol–water partition coefficient (Wildman–Crippen LogP) is 4.34. The van der Waals surface area contributed by atoms with Gasteiger partial charge >= 0.3 is 5.97 Å². The van der Waals surface area contributed by atoms with Gasteiger partial charge in [-0.3, -0.25) is 14.6 Å². The summed E-state index contributed by atoms with van der Waals surface area (Å²) in [6.07, 6.45) is 4.53. The van der Waals surface area contributed by atoms with Crippen molar-refractivity contribution >= 4 is 28.9 Å². The molecule has 0 atom stereocenters. The smallest absolute Gasteiger partial charge is 0.356 e. The molecule has 0 aliphatic rings. The van der Waals surface area contributed by atoms with Crippen LogP contribution in [-0.2, 0) is 22.4 Å². The van der Waals surface area contributed by atoms with Crippen LogP contribution in [-0.4, -0.2) is 34.6 Å². The molecule has 7 nitrogen and oxygen atoms in total. The quantitative estimate of drug-likeness (QED) is 0.376. The van der Waals surface area contributed by atoms with Crippen molar-refractivity contribution in [1.29, 1.82) is 0 Å².